The van der Waals surface area contributed by atoms with Crippen molar-refractivity contribution in [3.05, 3.63) is 52.4 Å². The lowest BCUT2D eigenvalue weighted by Crippen LogP contribution is -2.47. The molecule has 5 nitrogen and oxygen atoms in total. The lowest BCUT2D eigenvalue weighted by molar-refractivity contribution is 0.641. The van der Waals surface area contributed by atoms with Gasteiger partial charge in [-0.3, -0.25) is 0 Å². The van der Waals surface area contributed by atoms with Gasteiger partial charge in [0.15, 0.2) is 0 Å². The van der Waals surface area contributed by atoms with E-state index in [2.05, 4.69) is 57.9 Å². The van der Waals surface area contributed by atoms with Crippen molar-refractivity contribution >= 4 is 34.1 Å². The zero-order valence-electron chi connectivity index (χ0n) is 15.3. The Kier molecular flexibility index (Phi) is 4.41. The molecule has 26 heavy (non-hydrogen) atoms. The van der Waals surface area contributed by atoms with E-state index in [0.29, 0.717) is 5.28 Å². The molecule has 1 fully saturated rings. The Hall–Kier alpha value is -2.40. The maximum Gasteiger partial charge on any atom is 0.224 e. The quantitative estimate of drug-likeness (QED) is 0.642. The molecule has 4 rings (SSSR count). The van der Waals surface area contributed by atoms with Crippen LogP contribution in [0.4, 0.5) is 11.6 Å². The number of para-hydroxylation sites is 1. The van der Waals surface area contributed by atoms with Gasteiger partial charge in [-0.15, -0.1) is 0 Å². The molecule has 1 aliphatic rings. The van der Waals surface area contributed by atoms with Gasteiger partial charge >= 0.3 is 0 Å². The van der Waals surface area contributed by atoms with E-state index in [1.54, 1.807) is 0 Å². The van der Waals surface area contributed by atoms with Crippen LogP contribution in [0.25, 0.3) is 10.9 Å². The van der Waals surface area contributed by atoms with Gasteiger partial charge in [-0.1, -0.05) is 18.2 Å². The van der Waals surface area contributed by atoms with E-state index < -0.39 is 0 Å². The van der Waals surface area contributed by atoms with Crippen LogP contribution in [-0.2, 0) is 0 Å². The fourth-order valence-electron chi connectivity index (χ4n) is 3.55. The van der Waals surface area contributed by atoms with Crippen molar-refractivity contribution in [2.24, 2.45) is 0 Å². The third-order valence-electron chi connectivity index (χ3n) is 4.98. The van der Waals surface area contributed by atoms with Crippen LogP contribution in [0, 0.1) is 20.8 Å². The molecule has 1 saturated heterocycles. The Morgan fingerprint density at radius 3 is 2.12 bits per heavy atom. The van der Waals surface area contributed by atoms with E-state index >= 15 is 0 Å². The number of hydrogen-bond acceptors (Lipinski definition) is 5. The SMILES string of the molecule is Cc1cc(N2CCN(c3cc(C)c4cccc(C)c4n3)CC2)nc(Cl)n1. The molecule has 0 spiro atoms. The Morgan fingerprint density at radius 2 is 1.46 bits per heavy atom. The zero-order valence-corrected chi connectivity index (χ0v) is 16.1. The number of nitrogens with zero attached hydrogens (tertiary/aromatic N) is 5. The van der Waals surface area contributed by atoms with Crippen molar-refractivity contribution in [3.63, 3.8) is 0 Å². The van der Waals surface area contributed by atoms with Gasteiger partial charge in [0, 0.05) is 43.3 Å². The molecule has 0 amide bonds. The second-order valence-corrected chi connectivity index (χ2v) is 7.22. The molecular formula is C20H22ClN5. The van der Waals surface area contributed by atoms with Crippen LogP contribution in [0.2, 0.25) is 5.28 Å². The molecule has 6 heteroatoms. The number of fused-ring (bicyclic) bond motifs is 1. The standard InChI is InChI=1S/C20H22ClN5/c1-13-5-4-6-16-14(2)11-17(23-19(13)16)25-7-9-26(10-8-25)18-12-15(3)22-20(21)24-18/h4-6,11-12H,7-10H2,1-3H3. The average molecular weight is 368 g/mol. The molecular weight excluding hydrogens is 346 g/mol. The number of pyridine rings is 1. The number of halogens is 1. The van der Waals surface area contributed by atoms with Crippen molar-refractivity contribution in [1.29, 1.82) is 0 Å². The number of aromatic nitrogens is 3. The fraction of sp³-hybridized carbons (Fsp3) is 0.350. The summed E-state index contributed by atoms with van der Waals surface area (Å²) in [4.78, 5) is 18.1. The molecule has 0 saturated carbocycles. The van der Waals surface area contributed by atoms with E-state index in [0.717, 1.165) is 49.0 Å². The molecule has 0 bridgehead atoms. The molecule has 3 aromatic rings. The van der Waals surface area contributed by atoms with Crippen LogP contribution in [-0.4, -0.2) is 41.1 Å². The summed E-state index contributed by atoms with van der Waals surface area (Å²) in [5.41, 5.74) is 4.49. The first-order valence-electron chi connectivity index (χ1n) is 8.89. The highest BCUT2D eigenvalue weighted by Gasteiger charge is 2.20. The Labute approximate surface area is 158 Å². The summed E-state index contributed by atoms with van der Waals surface area (Å²) >= 11 is 6.01. The first-order chi connectivity index (χ1) is 12.5. The minimum Gasteiger partial charge on any atom is -0.353 e. The van der Waals surface area contributed by atoms with Crippen LogP contribution < -0.4 is 9.80 Å². The van der Waals surface area contributed by atoms with E-state index in [1.165, 1.54) is 16.5 Å². The summed E-state index contributed by atoms with van der Waals surface area (Å²) in [6.45, 7) is 9.82. The summed E-state index contributed by atoms with van der Waals surface area (Å²) < 4.78 is 0. The Morgan fingerprint density at radius 1 is 0.808 bits per heavy atom. The number of anilines is 2. The normalized spacial score (nSPS) is 14.9. The minimum atomic E-state index is 0.310. The highest BCUT2D eigenvalue weighted by Crippen LogP contribution is 2.26. The molecule has 0 atom stereocenters. The van der Waals surface area contributed by atoms with Crippen LogP contribution in [0.1, 0.15) is 16.8 Å². The second kappa shape index (κ2) is 6.72. The first-order valence-corrected chi connectivity index (χ1v) is 9.27. The first kappa shape index (κ1) is 17.0. The Balaban J connectivity index is 1.56. The van der Waals surface area contributed by atoms with Crippen LogP contribution in [0.3, 0.4) is 0 Å². The predicted molar refractivity (Wildman–Crippen MR) is 107 cm³/mol. The van der Waals surface area contributed by atoms with E-state index in [-0.39, 0.29) is 0 Å². The summed E-state index contributed by atoms with van der Waals surface area (Å²) in [6, 6.07) is 10.6. The number of piperazine rings is 1. The van der Waals surface area contributed by atoms with Gasteiger partial charge in [0.2, 0.25) is 5.28 Å². The van der Waals surface area contributed by atoms with E-state index in [4.69, 9.17) is 16.6 Å². The number of rotatable bonds is 2. The third kappa shape index (κ3) is 3.19. The van der Waals surface area contributed by atoms with Crippen molar-refractivity contribution in [1.82, 2.24) is 15.0 Å². The van der Waals surface area contributed by atoms with Crippen molar-refractivity contribution in [2.45, 2.75) is 20.8 Å². The van der Waals surface area contributed by atoms with Gasteiger partial charge in [0.1, 0.15) is 11.6 Å². The van der Waals surface area contributed by atoms with Gasteiger partial charge in [-0.25, -0.2) is 15.0 Å². The van der Waals surface area contributed by atoms with Gasteiger partial charge in [-0.05, 0) is 49.6 Å². The molecule has 1 aliphatic heterocycles. The van der Waals surface area contributed by atoms with Gasteiger partial charge in [0.05, 0.1) is 5.52 Å². The van der Waals surface area contributed by atoms with Gasteiger partial charge < -0.3 is 9.80 Å². The van der Waals surface area contributed by atoms with E-state index in [9.17, 15) is 0 Å². The maximum atomic E-state index is 6.01. The molecule has 3 heterocycles. The molecule has 0 aliphatic carbocycles. The van der Waals surface area contributed by atoms with Crippen LogP contribution in [0.15, 0.2) is 30.3 Å². The number of benzene rings is 1. The summed E-state index contributed by atoms with van der Waals surface area (Å²) in [5.74, 6) is 1.96. The van der Waals surface area contributed by atoms with Crippen LogP contribution >= 0.6 is 11.6 Å². The summed E-state index contributed by atoms with van der Waals surface area (Å²) in [7, 11) is 0. The Bertz CT molecular complexity index is 944. The fourth-order valence-corrected chi connectivity index (χ4v) is 3.77. The summed E-state index contributed by atoms with van der Waals surface area (Å²) in [5, 5.41) is 1.54. The molecule has 134 valence electrons. The smallest absolute Gasteiger partial charge is 0.224 e. The molecule has 0 radical (unpaired) electrons. The maximum absolute atomic E-state index is 6.01. The second-order valence-electron chi connectivity index (χ2n) is 6.88. The predicted octanol–water partition coefficient (Wildman–Crippen LogP) is 3.93. The molecule has 0 N–H and O–H groups in total. The zero-order chi connectivity index (χ0) is 18.3. The highest BCUT2D eigenvalue weighted by molar-refractivity contribution is 6.28. The summed E-state index contributed by atoms with van der Waals surface area (Å²) in [6.07, 6.45) is 0. The average Bonchev–Trinajstić information content (AvgIpc) is 2.62. The third-order valence-corrected chi connectivity index (χ3v) is 5.14. The monoisotopic (exact) mass is 367 g/mol. The molecule has 2 aromatic heterocycles. The van der Waals surface area contributed by atoms with Gasteiger partial charge in [0.25, 0.3) is 0 Å². The van der Waals surface area contributed by atoms with Gasteiger partial charge in [-0.2, -0.15) is 0 Å². The number of aryl methyl sites for hydroxylation is 3. The largest absolute Gasteiger partial charge is 0.353 e. The topological polar surface area (TPSA) is 45.2 Å². The molecule has 1 aromatic carbocycles. The highest BCUT2D eigenvalue weighted by atomic mass is 35.5. The lowest BCUT2D eigenvalue weighted by atomic mass is 10.1. The van der Waals surface area contributed by atoms with E-state index in [1.807, 2.05) is 13.0 Å². The van der Waals surface area contributed by atoms with Crippen molar-refractivity contribution < 1.29 is 0 Å². The van der Waals surface area contributed by atoms with Crippen molar-refractivity contribution in [2.75, 3.05) is 36.0 Å². The molecule has 0 unspecified atom stereocenters. The lowest BCUT2D eigenvalue weighted by Gasteiger charge is -2.36. The number of hydrogen-bond donors (Lipinski definition) is 0. The van der Waals surface area contributed by atoms with Crippen molar-refractivity contribution in [3.8, 4) is 0 Å². The minimum absolute atomic E-state index is 0.310. The van der Waals surface area contributed by atoms with Crippen LogP contribution in [0.5, 0.6) is 0 Å².